The number of hydrogen-bond donors (Lipinski definition) is 2. The summed E-state index contributed by atoms with van der Waals surface area (Å²) in [5.41, 5.74) is 0. The van der Waals surface area contributed by atoms with Crippen molar-refractivity contribution in [2.75, 3.05) is 19.6 Å². The van der Waals surface area contributed by atoms with Crippen molar-refractivity contribution < 1.29 is 31.6 Å². The van der Waals surface area contributed by atoms with E-state index in [2.05, 4.69) is 9.60 Å². The van der Waals surface area contributed by atoms with Crippen LogP contribution in [0.5, 0.6) is 0 Å². The van der Waals surface area contributed by atoms with Gasteiger partial charge >= 0.3 is 22.4 Å². The van der Waals surface area contributed by atoms with Gasteiger partial charge in [-0.2, -0.15) is 13.5 Å². The molecule has 0 aliphatic carbocycles. The van der Waals surface area contributed by atoms with E-state index in [0.29, 0.717) is 17.9 Å². The molecule has 136 valence electrons. The normalized spacial score (nSPS) is 31.0. The van der Waals surface area contributed by atoms with Crippen molar-refractivity contribution in [2.24, 2.45) is 0 Å². The molecule has 0 aromatic heterocycles. The fourth-order valence-electron chi connectivity index (χ4n) is 3.42. The standard InChI is InChI=1S/C13H21N3O7S/c17-12(22-10-2-1-6-14-7-5-10)11-4-3-9-8-15(11)13(18)16(9)23-24(19,20)21/h9-11,14H,1-8H2,(H,19,20,21)/t9-,10+,11+/m1/s1. The minimum atomic E-state index is -4.79. The zero-order valence-corrected chi connectivity index (χ0v) is 13.9. The highest BCUT2D eigenvalue weighted by Crippen LogP contribution is 2.31. The van der Waals surface area contributed by atoms with E-state index in [1.54, 1.807) is 0 Å². The molecule has 2 N–H and O–H groups in total. The van der Waals surface area contributed by atoms with Crippen LogP contribution in [0.15, 0.2) is 0 Å². The van der Waals surface area contributed by atoms with E-state index in [4.69, 9.17) is 9.29 Å². The van der Waals surface area contributed by atoms with Crippen LogP contribution in [0.2, 0.25) is 0 Å². The Bertz CT molecular complexity index is 603. The molecule has 0 aromatic carbocycles. The third-order valence-electron chi connectivity index (χ3n) is 4.58. The first-order chi connectivity index (χ1) is 11.3. The van der Waals surface area contributed by atoms with E-state index in [-0.39, 0.29) is 12.6 Å². The van der Waals surface area contributed by atoms with E-state index < -0.39 is 34.5 Å². The largest absolute Gasteiger partial charge is 0.461 e. The van der Waals surface area contributed by atoms with Gasteiger partial charge in [-0.3, -0.25) is 4.55 Å². The summed E-state index contributed by atoms with van der Waals surface area (Å²) >= 11 is 0. The van der Waals surface area contributed by atoms with Crippen molar-refractivity contribution in [1.29, 1.82) is 0 Å². The smallest absolute Gasteiger partial charge is 0.418 e. The van der Waals surface area contributed by atoms with Crippen LogP contribution in [0.25, 0.3) is 0 Å². The Morgan fingerprint density at radius 3 is 2.75 bits per heavy atom. The number of piperidine rings is 1. The molecule has 2 amide bonds. The number of amides is 2. The van der Waals surface area contributed by atoms with Gasteiger partial charge in [-0.1, -0.05) is 0 Å². The number of hydrogen-bond acceptors (Lipinski definition) is 7. The van der Waals surface area contributed by atoms with Crippen LogP contribution in [-0.2, 0) is 24.2 Å². The Balaban J connectivity index is 1.63. The van der Waals surface area contributed by atoms with Gasteiger partial charge in [0, 0.05) is 6.54 Å². The van der Waals surface area contributed by atoms with Crippen LogP contribution in [0.3, 0.4) is 0 Å². The van der Waals surface area contributed by atoms with Crippen LogP contribution < -0.4 is 5.32 Å². The Morgan fingerprint density at radius 1 is 1.21 bits per heavy atom. The molecule has 0 saturated carbocycles. The molecule has 2 bridgehead atoms. The molecule has 3 fully saturated rings. The number of nitrogens with zero attached hydrogens (tertiary/aromatic N) is 2. The van der Waals surface area contributed by atoms with Gasteiger partial charge in [0.25, 0.3) is 0 Å². The second-order valence-electron chi connectivity index (χ2n) is 6.25. The lowest BCUT2D eigenvalue weighted by Crippen LogP contribution is -2.46. The summed E-state index contributed by atoms with van der Waals surface area (Å²) < 4.78 is 40.4. The van der Waals surface area contributed by atoms with Gasteiger partial charge < -0.3 is 15.0 Å². The minimum absolute atomic E-state index is 0.167. The molecule has 3 saturated heterocycles. The number of rotatable bonds is 4. The molecule has 10 nitrogen and oxygen atoms in total. The molecule has 3 heterocycles. The molecule has 24 heavy (non-hydrogen) atoms. The van der Waals surface area contributed by atoms with Gasteiger partial charge in [0.15, 0.2) is 0 Å². The molecule has 0 spiro atoms. The summed E-state index contributed by atoms with van der Waals surface area (Å²) in [5, 5.41) is 3.85. The predicted molar refractivity (Wildman–Crippen MR) is 80.0 cm³/mol. The van der Waals surface area contributed by atoms with Gasteiger partial charge in [0.1, 0.15) is 12.1 Å². The maximum absolute atomic E-state index is 12.4. The Hall–Kier alpha value is -1.43. The molecule has 3 atom stereocenters. The van der Waals surface area contributed by atoms with Crippen molar-refractivity contribution >= 4 is 22.4 Å². The fourth-order valence-corrected chi connectivity index (χ4v) is 3.81. The third-order valence-corrected chi connectivity index (χ3v) is 4.92. The highest BCUT2D eigenvalue weighted by molar-refractivity contribution is 7.80. The highest BCUT2D eigenvalue weighted by Gasteiger charge is 2.50. The summed E-state index contributed by atoms with van der Waals surface area (Å²) in [6.45, 7) is 1.84. The lowest BCUT2D eigenvalue weighted by molar-refractivity contribution is -0.155. The average molecular weight is 363 g/mol. The number of esters is 1. The SMILES string of the molecule is O=C(O[C@H]1CCCNCC1)[C@@H]1CC[C@@H]2CN1C(=O)N2OS(=O)(=O)O. The first kappa shape index (κ1) is 17.4. The Morgan fingerprint density at radius 2 is 2.00 bits per heavy atom. The van der Waals surface area contributed by atoms with Gasteiger partial charge in [-0.15, -0.1) is 4.28 Å². The van der Waals surface area contributed by atoms with E-state index in [1.807, 2.05) is 0 Å². The Labute approximate surface area is 140 Å². The Kier molecular flexibility index (Phi) is 4.95. The number of ether oxygens (including phenoxy) is 1. The van der Waals surface area contributed by atoms with Crippen LogP contribution >= 0.6 is 0 Å². The van der Waals surface area contributed by atoms with Crippen LogP contribution in [0, 0.1) is 0 Å². The van der Waals surface area contributed by atoms with Crippen molar-refractivity contribution in [3.63, 3.8) is 0 Å². The molecule has 3 aliphatic rings. The quantitative estimate of drug-likeness (QED) is 0.514. The molecule has 11 heteroatoms. The van der Waals surface area contributed by atoms with E-state index >= 15 is 0 Å². The maximum Gasteiger partial charge on any atom is 0.418 e. The van der Waals surface area contributed by atoms with Gasteiger partial charge in [0.2, 0.25) is 0 Å². The highest BCUT2D eigenvalue weighted by atomic mass is 32.3. The first-order valence-corrected chi connectivity index (χ1v) is 9.40. The van der Waals surface area contributed by atoms with Crippen LogP contribution in [-0.4, -0.2) is 72.8 Å². The molecule has 3 rings (SSSR count). The predicted octanol–water partition coefficient (Wildman–Crippen LogP) is -0.325. The van der Waals surface area contributed by atoms with Gasteiger partial charge in [0.05, 0.1) is 6.04 Å². The first-order valence-electron chi connectivity index (χ1n) is 8.03. The maximum atomic E-state index is 12.4. The summed E-state index contributed by atoms with van der Waals surface area (Å²) in [7, 11) is -4.79. The average Bonchev–Trinajstić information content (AvgIpc) is 2.72. The molecular weight excluding hydrogens is 342 g/mol. The zero-order valence-electron chi connectivity index (χ0n) is 13.1. The van der Waals surface area contributed by atoms with Crippen LogP contribution in [0.1, 0.15) is 32.1 Å². The van der Waals surface area contributed by atoms with E-state index in [1.165, 1.54) is 4.90 Å². The van der Waals surface area contributed by atoms with Crippen molar-refractivity contribution in [3.05, 3.63) is 0 Å². The molecule has 0 unspecified atom stereocenters. The van der Waals surface area contributed by atoms with Crippen molar-refractivity contribution in [1.82, 2.24) is 15.3 Å². The molecule has 3 aliphatic heterocycles. The summed E-state index contributed by atoms with van der Waals surface area (Å²) in [5.74, 6) is -0.470. The van der Waals surface area contributed by atoms with E-state index in [9.17, 15) is 18.0 Å². The zero-order chi connectivity index (χ0) is 17.3. The molecule has 0 aromatic rings. The second-order valence-corrected chi connectivity index (χ2v) is 7.25. The topological polar surface area (TPSA) is 125 Å². The van der Waals surface area contributed by atoms with Crippen LogP contribution in [0.4, 0.5) is 4.79 Å². The lowest BCUT2D eigenvalue weighted by atomic mass is 10.0. The summed E-state index contributed by atoms with van der Waals surface area (Å²) in [6, 6.07) is -2.01. The summed E-state index contributed by atoms with van der Waals surface area (Å²) in [6.07, 6.45) is 3.01. The number of fused-ring (bicyclic) bond motifs is 2. The lowest BCUT2D eigenvalue weighted by Gasteiger charge is -2.29. The van der Waals surface area contributed by atoms with Gasteiger partial charge in [-0.25, -0.2) is 9.59 Å². The van der Waals surface area contributed by atoms with Crippen molar-refractivity contribution in [3.8, 4) is 0 Å². The fraction of sp³-hybridized carbons (Fsp3) is 0.846. The summed E-state index contributed by atoms with van der Waals surface area (Å²) in [4.78, 5) is 25.9. The number of hydroxylamine groups is 2. The third kappa shape index (κ3) is 3.79. The van der Waals surface area contributed by atoms with E-state index in [0.717, 1.165) is 32.4 Å². The van der Waals surface area contributed by atoms with Gasteiger partial charge in [-0.05, 0) is 45.2 Å². The molecular formula is C13H21N3O7S. The number of urea groups is 1. The van der Waals surface area contributed by atoms with Crippen molar-refractivity contribution in [2.45, 2.75) is 50.3 Å². The minimum Gasteiger partial charge on any atom is -0.461 e. The molecule has 0 radical (unpaired) electrons. The number of carbonyl (C=O) groups is 2. The number of nitrogens with one attached hydrogen (secondary N) is 1. The number of carbonyl (C=O) groups excluding carboxylic acids is 2. The monoisotopic (exact) mass is 363 g/mol. The second kappa shape index (κ2) is 6.82.